The number of aliphatic carboxylic acids is 1. The molecule has 1 aliphatic heterocycles. The smallest absolute Gasteiger partial charge is 0.326 e. The van der Waals surface area contributed by atoms with Gasteiger partial charge in [-0.05, 0) is 29.7 Å². The lowest BCUT2D eigenvalue weighted by atomic mass is 10.1. The number of carboxylic acids is 1. The average Bonchev–Trinajstić information content (AvgIpc) is 2.85. The Morgan fingerprint density at radius 1 is 1.37 bits per heavy atom. The Kier molecular flexibility index (Phi) is 4.16. The van der Waals surface area contributed by atoms with Crippen LogP contribution in [0, 0.1) is 0 Å². The number of nitrogens with one attached hydrogen (secondary N) is 2. The molecule has 3 N–H and O–H groups in total. The van der Waals surface area contributed by atoms with E-state index in [1.54, 1.807) is 6.07 Å². The molecular weight excluding hydrogens is 244 g/mol. The van der Waals surface area contributed by atoms with E-state index in [9.17, 15) is 9.59 Å². The molecule has 1 aromatic carbocycles. The Balaban J connectivity index is 2.09. The number of benzene rings is 1. The minimum atomic E-state index is -0.988. The Labute approximate surface area is 112 Å². The van der Waals surface area contributed by atoms with E-state index < -0.39 is 12.0 Å². The molecule has 0 radical (unpaired) electrons. The molecule has 0 fully saturated rings. The highest BCUT2D eigenvalue weighted by Crippen LogP contribution is 2.17. The maximum absolute atomic E-state index is 12.0. The summed E-state index contributed by atoms with van der Waals surface area (Å²) in [5, 5.41) is 14.8. The summed E-state index contributed by atoms with van der Waals surface area (Å²) in [5.41, 5.74) is 2.82. The van der Waals surface area contributed by atoms with Crippen LogP contribution in [-0.4, -0.2) is 23.0 Å². The van der Waals surface area contributed by atoms with E-state index in [1.165, 1.54) is 5.56 Å². The number of fused-ring (bicyclic) bond motifs is 1. The number of rotatable bonds is 5. The summed E-state index contributed by atoms with van der Waals surface area (Å²) < 4.78 is 0. The molecule has 1 aromatic rings. The molecule has 0 spiro atoms. The van der Waals surface area contributed by atoms with Crippen LogP contribution < -0.4 is 10.6 Å². The van der Waals surface area contributed by atoms with E-state index in [2.05, 4.69) is 10.6 Å². The summed E-state index contributed by atoms with van der Waals surface area (Å²) >= 11 is 0. The van der Waals surface area contributed by atoms with Crippen LogP contribution in [0.25, 0.3) is 0 Å². The van der Waals surface area contributed by atoms with Gasteiger partial charge in [0, 0.05) is 18.7 Å². The first kappa shape index (κ1) is 13.5. The van der Waals surface area contributed by atoms with E-state index in [-0.39, 0.29) is 5.91 Å². The standard InChI is InChI=1S/C14H18N2O3/c1-2-3-12(14(18)19)16-13(17)9-4-5-10-7-15-8-11(10)6-9/h4-6,12,15H,2-3,7-8H2,1H3,(H,16,17)(H,18,19)/t12-/m1/s1. The van der Waals surface area contributed by atoms with E-state index in [1.807, 2.05) is 19.1 Å². The van der Waals surface area contributed by atoms with Gasteiger partial charge in [-0.3, -0.25) is 4.79 Å². The van der Waals surface area contributed by atoms with Gasteiger partial charge in [-0.25, -0.2) is 4.79 Å². The molecule has 0 saturated carbocycles. The van der Waals surface area contributed by atoms with Crippen molar-refractivity contribution in [1.82, 2.24) is 10.6 Å². The predicted molar refractivity (Wildman–Crippen MR) is 70.8 cm³/mol. The van der Waals surface area contributed by atoms with Gasteiger partial charge in [0.1, 0.15) is 6.04 Å². The fraction of sp³-hybridized carbons (Fsp3) is 0.429. The maximum Gasteiger partial charge on any atom is 0.326 e. The van der Waals surface area contributed by atoms with Crippen LogP contribution in [0.15, 0.2) is 18.2 Å². The zero-order valence-corrected chi connectivity index (χ0v) is 10.9. The van der Waals surface area contributed by atoms with Crippen LogP contribution >= 0.6 is 0 Å². The molecule has 5 nitrogen and oxygen atoms in total. The Hall–Kier alpha value is -1.88. The van der Waals surface area contributed by atoms with Crippen molar-refractivity contribution in [2.75, 3.05) is 0 Å². The zero-order valence-electron chi connectivity index (χ0n) is 10.9. The predicted octanol–water partition coefficient (Wildman–Crippen LogP) is 1.27. The molecule has 0 bridgehead atoms. The van der Waals surface area contributed by atoms with Crippen molar-refractivity contribution in [2.45, 2.75) is 38.9 Å². The van der Waals surface area contributed by atoms with Crippen LogP contribution in [0.5, 0.6) is 0 Å². The van der Waals surface area contributed by atoms with Crippen molar-refractivity contribution < 1.29 is 14.7 Å². The van der Waals surface area contributed by atoms with Crippen LogP contribution in [-0.2, 0) is 17.9 Å². The van der Waals surface area contributed by atoms with Gasteiger partial charge in [0.15, 0.2) is 0 Å². The lowest BCUT2D eigenvalue weighted by molar-refractivity contribution is -0.139. The van der Waals surface area contributed by atoms with Crippen LogP contribution in [0.4, 0.5) is 0 Å². The first-order chi connectivity index (χ1) is 9.11. The van der Waals surface area contributed by atoms with Crippen LogP contribution in [0.2, 0.25) is 0 Å². The second-order valence-corrected chi connectivity index (χ2v) is 4.74. The van der Waals surface area contributed by atoms with Crippen molar-refractivity contribution >= 4 is 11.9 Å². The highest BCUT2D eigenvalue weighted by Gasteiger charge is 2.20. The summed E-state index contributed by atoms with van der Waals surface area (Å²) in [7, 11) is 0. The normalized spacial score (nSPS) is 14.8. The van der Waals surface area contributed by atoms with E-state index >= 15 is 0 Å². The Morgan fingerprint density at radius 2 is 2.11 bits per heavy atom. The molecule has 1 heterocycles. The second-order valence-electron chi connectivity index (χ2n) is 4.74. The van der Waals surface area contributed by atoms with Gasteiger partial charge in [0.2, 0.25) is 0 Å². The van der Waals surface area contributed by atoms with Gasteiger partial charge in [-0.15, -0.1) is 0 Å². The number of hydrogen-bond acceptors (Lipinski definition) is 3. The van der Waals surface area contributed by atoms with Gasteiger partial charge in [0.05, 0.1) is 0 Å². The van der Waals surface area contributed by atoms with Crippen LogP contribution in [0.3, 0.4) is 0 Å². The number of carboxylic acid groups (broad SMARTS) is 1. The molecule has 1 aliphatic rings. The first-order valence-corrected chi connectivity index (χ1v) is 6.48. The largest absolute Gasteiger partial charge is 0.480 e. The highest BCUT2D eigenvalue weighted by atomic mass is 16.4. The number of carbonyl (C=O) groups is 2. The fourth-order valence-electron chi connectivity index (χ4n) is 2.22. The third-order valence-corrected chi connectivity index (χ3v) is 3.28. The molecule has 102 valence electrons. The highest BCUT2D eigenvalue weighted by molar-refractivity contribution is 5.96. The fourth-order valence-corrected chi connectivity index (χ4v) is 2.22. The zero-order chi connectivity index (χ0) is 13.8. The van der Waals surface area contributed by atoms with E-state index in [0.717, 1.165) is 18.7 Å². The van der Waals surface area contributed by atoms with Crippen molar-refractivity contribution in [3.05, 3.63) is 34.9 Å². The topological polar surface area (TPSA) is 78.4 Å². The summed E-state index contributed by atoms with van der Waals surface area (Å²) in [6, 6.07) is 4.67. The van der Waals surface area contributed by atoms with Crippen LogP contribution in [0.1, 0.15) is 41.3 Å². The second kappa shape index (κ2) is 5.84. The summed E-state index contributed by atoms with van der Waals surface area (Å²) in [6.45, 7) is 3.47. The SMILES string of the molecule is CCC[C@@H](NC(=O)c1ccc2c(c1)CNC2)C(=O)O. The summed E-state index contributed by atoms with van der Waals surface area (Å²) in [4.78, 5) is 23.1. The average molecular weight is 262 g/mol. The molecule has 19 heavy (non-hydrogen) atoms. The molecule has 1 amide bonds. The number of hydrogen-bond donors (Lipinski definition) is 3. The Bertz CT molecular complexity index is 499. The van der Waals surface area contributed by atoms with Gasteiger partial charge in [0.25, 0.3) is 5.91 Å². The van der Waals surface area contributed by atoms with Crippen molar-refractivity contribution in [3.63, 3.8) is 0 Å². The first-order valence-electron chi connectivity index (χ1n) is 6.48. The summed E-state index contributed by atoms with van der Waals surface area (Å²) in [5.74, 6) is -1.31. The molecule has 0 aromatic heterocycles. The van der Waals surface area contributed by atoms with Gasteiger partial charge in [-0.2, -0.15) is 0 Å². The molecule has 1 atom stereocenters. The van der Waals surface area contributed by atoms with Gasteiger partial charge >= 0.3 is 5.97 Å². The summed E-state index contributed by atoms with van der Waals surface area (Å²) in [6.07, 6.45) is 1.15. The maximum atomic E-state index is 12.0. The van der Waals surface area contributed by atoms with E-state index in [4.69, 9.17) is 5.11 Å². The quantitative estimate of drug-likeness (QED) is 0.746. The molecule has 0 aliphatic carbocycles. The molecule has 0 unspecified atom stereocenters. The van der Waals surface area contributed by atoms with Crippen molar-refractivity contribution in [3.8, 4) is 0 Å². The number of amides is 1. The third-order valence-electron chi connectivity index (χ3n) is 3.28. The minimum Gasteiger partial charge on any atom is -0.480 e. The van der Waals surface area contributed by atoms with Gasteiger partial charge in [-0.1, -0.05) is 19.4 Å². The van der Waals surface area contributed by atoms with E-state index in [0.29, 0.717) is 18.4 Å². The van der Waals surface area contributed by atoms with Crippen molar-refractivity contribution in [1.29, 1.82) is 0 Å². The minimum absolute atomic E-state index is 0.324. The monoisotopic (exact) mass is 262 g/mol. The van der Waals surface area contributed by atoms with Crippen molar-refractivity contribution in [2.24, 2.45) is 0 Å². The number of carbonyl (C=O) groups excluding carboxylic acids is 1. The molecule has 0 saturated heterocycles. The van der Waals surface area contributed by atoms with Gasteiger partial charge < -0.3 is 15.7 Å². The third kappa shape index (κ3) is 3.12. The Morgan fingerprint density at radius 3 is 2.79 bits per heavy atom. The lowest BCUT2D eigenvalue weighted by Crippen LogP contribution is -2.40. The molecule has 2 rings (SSSR count). The lowest BCUT2D eigenvalue weighted by Gasteiger charge is -2.13. The molecular formula is C14H18N2O3. The molecule has 5 heteroatoms.